The van der Waals surface area contributed by atoms with Crippen molar-refractivity contribution in [2.24, 2.45) is 0 Å². The number of aromatic hydroxyl groups is 2. The molecule has 0 saturated carbocycles. The summed E-state index contributed by atoms with van der Waals surface area (Å²) in [5, 5.41) is 18.8. The molecule has 2 rings (SSSR count). The third-order valence-electron chi connectivity index (χ3n) is 2.54. The summed E-state index contributed by atoms with van der Waals surface area (Å²) in [7, 11) is 0. The Bertz CT molecular complexity index is 630. The average Bonchev–Trinajstić information content (AvgIpc) is 2.40. The Hall–Kier alpha value is -2.62. The number of hydrogen-bond acceptors (Lipinski definition) is 3. The maximum atomic E-state index is 12.7. The highest BCUT2D eigenvalue weighted by atomic mass is 19.1. The van der Waals surface area contributed by atoms with E-state index in [1.54, 1.807) is 0 Å². The number of ketones is 1. The Morgan fingerprint density at radius 3 is 2.42 bits per heavy atom. The van der Waals surface area contributed by atoms with Crippen molar-refractivity contribution >= 4 is 11.9 Å². The van der Waals surface area contributed by atoms with Crippen molar-refractivity contribution in [1.29, 1.82) is 0 Å². The van der Waals surface area contributed by atoms with Gasteiger partial charge in [0.05, 0.1) is 5.56 Å². The topological polar surface area (TPSA) is 57.5 Å². The summed E-state index contributed by atoms with van der Waals surface area (Å²) in [6.07, 6.45) is 2.76. The van der Waals surface area contributed by atoms with Crippen LogP contribution in [-0.4, -0.2) is 16.0 Å². The molecule has 0 heterocycles. The summed E-state index contributed by atoms with van der Waals surface area (Å²) in [5.74, 6) is -1.10. The van der Waals surface area contributed by atoms with Gasteiger partial charge in [0.1, 0.15) is 17.3 Å². The lowest BCUT2D eigenvalue weighted by Gasteiger charge is -2.01. The molecular formula is C15H11FO3. The van der Waals surface area contributed by atoms with E-state index in [2.05, 4.69) is 0 Å². The van der Waals surface area contributed by atoms with Gasteiger partial charge in [0.15, 0.2) is 5.78 Å². The lowest BCUT2D eigenvalue weighted by atomic mass is 10.1. The lowest BCUT2D eigenvalue weighted by molar-refractivity contribution is 0.104. The van der Waals surface area contributed by atoms with E-state index in [9.17, 15) is 19.4 Å². The highest BCUT2D eigenvalue weighted by Crippen LogP contribution is 2.23. The van der Waals surface area contributed by atoms with Crippen LogP contribution in [0.4, 0.5) is 4.39 Å². The number of carbonyl (C=O) groups is 1. The number of hydrogen-bond donors (Lipinski definition) is 2. The van der Waals surface area contributed by atoms with Crippen LogP contribution in [0.3, 0.4) is 0 Å². The number of carbonyl (C=O) groups excluding carboxylic acids is 1. The minimum absolute atomic E-state index is 0.0124. The third kappa shape index (κ3) is 3.19. The van der Waals surface area contributed by atoms with Crippen molar-refractivity contribution in [3.8, 4) is 11.5 Å². The number of phenolic OH excluding ortho intramolecular Hbond substituents is 2. The number of allylic oxidation sites excluding steroid dienone is 1. The molecule has 19 heavy (non-hydrogen) atoms. The van der Waals surface area contributed by atoms with Crippen molar-refractivity contribution in [1.82, 2.24) is 0 Å². The largest absolute Gasteiger partial charge is 0.508 e. The van der Waals surface area contributed by atoms with Crippen molar-refractivity contribution < 1.29 is 19.4 Å². The number of benzene rings is 2. The molecule has 0 amide bonds. The van der Waals surface area contributed by atoms with E-state index in [1.165, 1.54) is 54.6 Å². The molecule has 2 aromatic rings. The van der Waals surface area contributed by atoms with Crippen molar-refractivity contribution in [2.75, 3.05) is 0 Å². The van der Waals surface area contributed by atoms with E-state index < -0.39 is 5.78 Å². The second-order valence-corrected chi connectivity index (χ2v) is 3.95. The zero-order valence-corrected chi connectivity index (χ0v) is 9.88. The molecule has 0 fully saturated rings. The molecule has 0 aliphatic rings. The monoisotopic (exact) mass is 258 g/mol. The standard InChI is InChI=1S/C15H11FO3/c16-11-4-1-10(2-5-11)3-7-14(18)13-9-12(17)6-8-15(13)19/h1-9,17,19H/b7-3+. The molecule has 0 radical (unpaired) electrons. The second kappa shape index (κ2) is 5.35. The quantitative estimate of drug-likeness (QED) is 0.505. The zero-order valence-electron chi connectivity index (χ0n) is 9.88. The van der Waals surface area contributed by atoms with Gasteiger partial charge in [0.25, 0.3) is 0 Å². The van der Waals surface area contributed by atoms with Crippen LogP contribution < -0.4 is 0 Å². The van der Waals surface area contributed by atoms with Crippen LogP contribution in [0, 0.1) is 5.82 Å². The van der Waals surface area contributed by atoms with E-state index in [0.29, 0.717) is 5.56 Å². The van der Waals surface area contributed by atoms with Crippen LogP contribution in [0.15, 0.2) is 48.5 Å². The molecule has 0 unspecified atom stereocenters. The Kier molecular flexibility index (Phi) is 3.61. The fourth-order valence-corrected chi connectivity index (χ4v) is 1.56. The highest BCUT2D eigenvalue weighted by molar-refractivity contribution is 6.08. The number of rotatable bonds is 3. The van der Waals surface area contributed by atoms with E-state index >= 15 is 0 Å². The van der Waals surface area contributed by atoms with Gasteiger partial charge in [-0.1, -0.05) is 18.2 Å². The molecule has 0 saturated heterocycles. The molecule has 0 aliphatic carbocycles. The molecule has 0 atom stereocenters. The average molecular weight is 258 g/mol. The van der Waals surface area contributed by atoms with Gasteiger partial charge in [0, 0.05) is 0 Å². The highest BCUT2D eigenvalue weighted by Gasteiger charge is 2.08. The smallest absolute Gasteiger partial charge is 0.189 e. The van der Waals surface area contributed by atoms with Gasteiger partial charge < -0.3 is 10.2 Å². The Morgan fingerprint density at radius 2 is 1.74 bits per heavy atom. The van der Waals surface area contributed by atoms with Crippen molar-refractivity contribution in [2.45, 2.75) is 0 Å². The van der Waals surface area contributed by atoms with E-state index in [4.69, 9.17) is 0 Å². The first-order chi connectivity index (χ1) is 9.06. The first-order valence-corrected chi connectivity index (χ1v) is 5.56. The van der Waals surface area contributed by atoms with Crippen molar-refractivity contribution in [3.05, 3.63) is 65.5 Å². The van der Waals surface area contributed by atoms with Crippen LogP contribution in [0.25, 0.3) is 6.08 Å². The molecule has 2 aromatic carbocycles. The first kappa shape index (κ1) is 12.8. The summed E-state index contributed by atoms with van der Waals surface area (Å²) in [4.78, 5) is 11.8. The van der Waals surface area contributed by atoms with Gasteiger partial charge in [0.2, 0.25) is 0 Å². The Labute approximate surface area is 109 Å². The van der Waals surface area contributed by atoms with Gasteiger partial charge in [-0.15, -0.1) is 0 Å². The van der Waals surface area contributed by atoms with E-state index in [1.807, 2.05) is 0 Å². The minimum Gasteiger partial charge on any atom is -0.508 e. The third-order valence-corrected chi connectivity index (χ3v) is 2.54. The first-order valence-electron chi connectivity index (χ1n) is 5.56. The molecular weight excluding hydrogens is 247 g/mol. The summed E-state index contributed by atoms with van der Waals surface area (Å²) < 4.78 is 12.7. The summed E-state index contributed by atoms with van der Waals surface area (Å²) in [6.45, 7) is 0. The van der Waals surface area contributed by atoms with Crippen molar-refractivity contribution in [3.63, 3.8) is 0 Å². The number of halogens is 1. The normalized spacial score (nSPS) is 10.8. The van der Waals surface area contributed by atoms with Crippen LogP contribution in [0.5, 0.6) is 11.5 Å². The molecule has 4 heteroatoms. The molecule has 96 valence electrons. The van der Waals surface area contributed by atoms with Gasteiger partial charge in [-0.3, -0.25) is 4.79 Å². The fraction of sp³-hybridized carbons (Fsp3) is 0. The zero-order chi connectivity index (χ0) is 13.8. The van der Waals surface area contributed by atoms with Gasteiger partial charge in [-0.2, -0.15) is 0 Å². The Morgan fingerprint density at radius 1 is 1.05 bits per heavy atom. The summed E-state index contributed by atoms with van der Waals surface area (Å²) in [5.41, 5.74) is 0.674. The number of phenols is 2. The minimum atomic E-state index is -0.447. The maximum Gasteiger partial charge on any atom is 0.189 e. The molecule has 0 aromatic heterocycles. The van der Waals surface area contributed by atoms with Crippen LogP contribution in [-0.2, 0) is 0 Å². The van der Waals surface area contributed by atoms with E-state index in [0.717, 1.165) is 0 Å². The molecule has 3 nitrogen and oxygen atoms in total. The van der Waals surface area contributed by atoms with Crippen LogP contribution in [0.2, 0.25) is 0 Å². The molecule has 0 bridgehead atoms. The SMILES string of the molecule is O=C(/C=C/c1ccc(F)cc1)c1cc(O)ccc1O. The summed E-state index contributed by atoms with van der Waals surface area (Å²) in [6, 6.07) is 9.35. The maximum absolute atomic E-state index is 12.7. The molecule has 2 N–H and O–H groups in total. The molecule has 0 aliphatic heterocycles. The fourth-order valence-electron chi connectivity index (χ4n) is 1.56. The van der Waals surface area contributed by atoms with E-state index in [-0.39, 0.29) is 22.9 Å². The van der Waals surface area contributed by atoms with Crippen LogP contribution in [0.1, 0.15) is 15.9 Å². The predicted molar refractivity (Wildman–Crippen MR) is 69.5 cm³/mol. The summed E-state index contributed by atoms with van der Waals surface area (Å²) >= 11 is 0. The van der Waals surface area contributed by atoms with Gasteiger partial charge in [-0.25, -0.2) is 4.39 Å². The predicted octanol–water partition coefficient (Wildman–Crippen LogP) is 3.13. The van der Waals surface area contributed by atoms with Gasteiger partial charge in [-0.05, 0) is 42.0 Å². The lowest BCUT2D eigenvalue weighted by Crippen LogP contribution is -1.94. The van der Waals surface area contributed by atoms with Crippen LogP contribution >= 0.6 is 0 Å². The van der Waals surface area contributed by atoms with Gasteiger partial charge >= 0.3 is 0 Å². The molecule has 0 spiro atoms. The second-order valence-electron chi connectivity index (χ2n) is 3.95. The Balaban J connectivity index is 2.21.